The second-order valence-electron chi connectivity index (χ2n) is 5.92. The molecule has 0 spiro atoms. The molecule has 0 aliphatic heterocycles. The summed E-state index contributed by atoms with van der Waals surface area (Å²) in [4.78, 5) is 18.3. The zero-order valence-electron chi connectivity index (χ0n) is 14.2. The summed E-state index contributed by atoms with van der Waals surface area (Å²) in [6.45, 7) is 4.93. The third-order valence-corrected chi connectivity index (χ3v) is 4.95. The van der Waals surface area contributed by atoms with Crippen LogP contribution in [0.4, 0.5) is 0 Å². The summed E-state index contributed by atoms with van der Waals surface area (Å²) < 4.78 is 10.7. The molecule has 2 aromatic rings. The van der Waals surface area contributed by atoms with E-state index in [1.54, 1.807) is 11.3 Å². The van der Waals surface area contributed by atoms with Crippen molar-refractivity contribution in [3.8, 4) is 6.08 Å². The fourth-order valence-electron chi connectivity index (χ4n) is 2.48. The van der Waals surface area contributed by atoms with Gasteiger partial charge in [0.05, 0.1) is 12.0 Å². The molecule has 0 aromatic carbocycles. The molecule has 0 amide bonds. The number of rotatable bonds is 11. The lowest BCUT2D eigenvalue weighted by Crippen LogP contribution is -2.05. The summed E-state index contributed by atoms with van der Waals surface area (Å²) in [7, 11) is 0. The van der Waals surface area contributed by atoms with Crippen molar-refractivity contribution in [2.75, 3.05) is 6.61 Å². The summed E-state index contributed by atoms with van der Waals surface area (Å²) in [5.74, 6) is 0. The van der Waals surface area contributed by atoms with Crippen LogP contribution in [0.15, 0.2) is 15.3 Å². The van der Waals surface area contributed by atoms with Crippen molar-refractivity contribution in [3.05, 3.63) is 21.4 Å². The predicted octanol–water partition coefficient (Wildman–Crippen LogP) is 5.33. The van der Waals surface area contributed by atoms with Gasteiger partial charge >= 0.3 is 11.7 Å². The van der Waals surface area contributed by atoms with Gasteiger partial charge in [-0.25, -0.2) is 4.79 Å². The van der Waals surface area contributed by atoms with Crippen LogP contribution in [0.25, 0.3) is 10.2 Å². The van der Waals surface area contributed by atoms with Gasteiger partial charge in [-0.3, -0.25) is 0 Å². The van der Waals surface area contributed by atoms with Crippen LogP contribution in [0.1, 0.15) is 70.1 Å². The van der Waals surface area contributed by atoms with Crippen LogP contribution in [0.5, 0.6) is 6.08 Å². The van der Waals surface area contributed by atoms with Crippen molar-refractivity contribution in [3.63, 3.8) is 0 Å². The fourth-order valence-corrected chi connectivity index (χ4v) is 3.52. The smallest absolute Gasteiger partial charge is 0.397 e. The number of aryl methyl sites for hydroxylation is 1. The molecule has 0 aliphatic carbocycles. The maximum atomic E-state index is 12.0. The lowest BCUT2D eigenvalue weighted by atomic mass is 10.1. The first-order chi connectivity index (χ1) is 11.2. The Bertz CT molecular complexity index is 647. The van der Waals surface area contributed by atoms with E-state index in [4.69, 9.17) is 9.15 Å². The molecule has 2 heterocycles. The minimum atomic E-state index is -0.341. The lowest BCUT2D eigenvalue weighted by Gasteiger charge is -2.03. The van der Waals surface area contributed by atoms with Crippen molar-refractivity contribution >= 4 is 21.6 Å². The molecule has 0 saturated heterocycles. The Kier molecular flexibility index (Phi) is 7.59. The van der Waals surface area contributed by atoms with Crippen LogP contribution in [-0.2, 0) is 6.42 Å². The topological polar surface area (TPSA) is 52.3 Å². The monoisotopic (exact) mass is 337 g/mol. The highest BCUT2D eigenvalue weighted by atomic mass is 32.1. The third-order valence-electron chi connectivity index (χ3n) is 3.86. The van der Waals surface area contributed by atoms with Gasteiger partial charge in [0, 0.05) is 4.88 Å². The Morgan fingerprint density at radius 2 is 1.83 bits per heavy atom. The fraction of sp³-hybridized carbons (Fsp3) is 0.667. The number of fused-ring (bicyclic) bond motifs is 1. The number of ether oxygens (including phenoxy) is 1. The summed E-state index contributed by atoms with van der Waals surface area (Å²) in [5, 5.41) is 0.577. The van der Waals surface area contributed by atoms with E-state index in [1.807, 2.05) is 6.07 Å². The van der Waals surface area contributed by atoms with Gasteiger partial charge in [0.25, 0.3) is 0 Å². The van der Waals surface area contributed by atoms with Gasteiger partial charge in [-0.15, -0.1) is 11.3 Å². The second-order valence-corrected chi connectivity index (χ2v) is 7.03. The highest BCUT2D eigenvalue weighted by Gasteiger charge is 2.11. The zero-order valence-corrected chi connectivity index (χ0v) is 15.0. The normalized spacial score (nSPS) is 11.2. The van der Waals surface area contributed by atoms with E-state index in [0.717, 1.165) is 36.9 Å². The molecule has 0 radical (unpaired) electrons. The molecule has 0 bridgehead atoms. The van der Waals surface area contributed by atoms with Crippen LogP contribution in [0.2, 0.25) is 0 Å². The summed E-state index contributed by atoms with van der Waals surface area (Å²) in [5.41, 5.74) is -0.341. The molecule has 23 heavy (non-hydrogen) atoms. The number of aromatic nitrogens is 1. The maximum Gasteiger partial charge on any atom is 0.397 e. The van der Waals surface area contributed by atoms with E-state index in [1.165, 1.54) is 30.6 Å². The number of nitrogens with zero attached hydrogens (tertiary/aromatic N) is 1. The molecule has 0 atom stereocenters. The molecule has 0 saturated carbocycles. The largest absolute Gasteiger partial charge is 0.450 e. The Balaban J connectivity index is 1.87. The van der Waals surface area contributed by atoms with E-state index in [2.05, 4.69) is 18.8 Å². The van der Waals surface area contributed by atoms with Crippen molar-refractivity contribution in [2.24, 2.45) is 0 Å². The van der Waals surface area contributed by atoms with Gasteiger partial charge in [0.1, 0.15) is 4.83 Å². The SMILES string of the molecule is CCCCCCCCOc1nc2sc(CCCC)cc2c(=O)o1. The van der Waals surface area contributed by atoms with Crippen LogP contribution in [0, 0.1) is 0 Å². The van der Waals surface area contributed by atoms with Crippen LogP contribution >= 0.6 is 11.3 Å². The molecule has 0 N–H and O–H groups in total. The minimum absolute atomic E-state index is 0.111. The van der Waals surface area contributed by atoms with Gasteiger partial charge in [-0.2, -0.15) is 4.98 Å². The molecule has 4 nitrogen and oxygen atoms in total. The number of hydrogen-bond donors (Lipinski definition) is 0. The Hall–Kier alpha value is -1.36. The van der Waals surface area contributed by atoms with Crippen molar-refractivity contribution < 1.29 is 9.15 Å². The highest BCUT2D eigenvalue weighted by Crippen LogP contribution is 2.24. The molecule has 2 rings (SSSR count). The lowest BCUT2D eigenvalue weighted by molar-refractivity contribution is 0.211. The van der Waals surface area contributed by atoms with Crippen molar-refractivity contribution in [1.82, 2.24) is 4.98 Å². The minimum Gasteiger partial charge on any atom is -0.450 e. The van der Waals surface area contributed by atoms with E-state index >= 15 is 0 Å². The van der Waals surface area contributed by atoms with Crippen LogP contribution in [-0.4, -0.2) is 11.6 Å². The average molecular weight is 337 g/mol. The number of hydrogen-bond acceptors (Lipinski definition) is 5. The van der Waals surface area contributed by atoms with Gasteiger partial charge in [-0.1, -0.05) is 52.4 Å². The summed E-state index contributed by atoms with van der Waals surface area (Å²) in [6, 6.07) is 1.91. The molecule has 0 unspecified atom stereocenters. The Labute approximate surface area is 141 Å². The zero-order chi connectivity index (χ0) is 16.5. The van der Waals surface area contributed by atoms with E-state index in [0.29, 0.717) is 12.0 Å². The molecule has 0 fully saturated rings. The summed E-state index contributed by atoms with van der Waals surface area (Å²) >= 11 is 1.57. The number of unbranched alkanes of at least 4 members (excludes halogenated alkanes) is 6. The van der Waals surface area contributed by atoms with E-state index in [9.17, 15) is 4.79 Å². The third kappa shape index (κ3) is 5.65. The standard InChI is InChI=1S/C18H27NO3S/c1-3-5-7-8-9-10-12-21-18-19-16-15(17(20)22-18)13-14(23-16)11-6-4-2/h13H,3-12H2,1-2H3. The average Bonchev–Trinajstić information content (AvgIpc) is 2.95. The van der Waals surface area contributed by atoms with Gasteiger partial charge in [0.2, 0.25) is 0 Å². The molecular weight excluding hydrogens is 310 g/mol. The molecule has 128 valence electrons. The first-order valence-electron chi connectivity index (χ1n) is 8.81. The molecular formula is C18H27NO3S. The summed E-state index contributed by atoms with van der Waals surface area (Å²) in [6.07, 6.45) is 10.6. The first kappa shape index (κ1) is 18.0. The predicted molar refractivity (Wildman–Crippen MR) is 95.6 cm³/mol. The van der Waals surface area contributed by atoms with Crippen LogP contribution < -0.4 is 10.4 Å². The highest BCUT2D eigenvalue weighted by molar-refractivity contribution is 7.18. The Morgan fingerprint density at radius 3 is 2.61 bits per heavy atom. The molecule has 2 aromatic heterocycles. The van der Waals surface area contributed by atoms with Gasteiger partial charge in [-0.05, 0) is 25.3 Å². The van der Waals surface area contributed by atoms with Crippen molar-refractivity contribution in [1.29, 1.82) is 0 Å². The molecule has 0 aliphatic rings. The van der Waals surface area contributed by atoms with Crippen LogP contribution in [0.3, 0.4) is 0 Å². The quantitative estimate of drug-likeness (QED) is 0.520. The van der Waals surface area contributed by atoms with E-state index in [-0.39, 0.29) is 11.7 Å². The van der Waals surface area contributed by atoms with Gasteiger partial charge < -0.3 is 9.15 Å². The number of thiophene rings is 1. The van der Waals surface area contributed by atoms with E-state index < -0.39 is 0 Å². The molecule has 5 heteroatoms. The maximum absolute atomic E-state index is 12.0. The second kappa shape index (κ2) is 9.71. The van der Waals surface area contributed by atoms with Crippen molar-refractivity contribution in [2.45, 2.75) is 71.6 Å². The van der Waals surface area contributed by atoms with Gasteiger partial charge in [0.15, 0.2) is 0 Å². The Morgan fingerprint density at radius 1 is 1.09 bits per heavy atom. The first-order valence-corrected chi connectivity index (χ1v) is 9.62.